The van der Waals surface area contributed by atoms with Crippen molar-refractivity contribution in [3.8, 4) is 11.8 Å². The molecule has 0 bridgehead atoms. The van der Waals surface area contributed by atoms with Crippen LogP contribution in [0.15, 0.2) is 36.4 Å². The molecule has 3 rings (SSSR count). The number of aromatic nitrogens is 2. The van der Waals surface area contributed by atoms with Crippen LogP contribution in [0.5, 0.6) is 5.75 Å². The normalized spacial score (nSPS) is 11.5. The quantitative estimate of drug-likeness (QED) is 0.717. The summed E-state index contributed by atoms with van der Waals surface area (Å²) in [6.07, 6.45) is 1.75. The number of halogens is 1. The van der Waals surface area contributed by atoms with E-state index >= 15 is 0 Å². The second-order valence-electron chi connectivity index (χ2n) is 5.17. The lowest BCUT2D eigenvalue weighted by molar-refractivity contribution is 0.415. The fraction of sp³-hybridized carbons (Fsp3) is 0.111. The van der Waals surface area contributed by atoms with Gasteiger partial charge in [-0.3, -0.25) is 0 Å². The fourth-order valence-corrected chi connectivity index (χ4v) is 2.61. The molecule has 2 aromatic carbocycles. The predicted octanol–water partition coefficient (Wildman–Crippen LogP) is 4.60. The molecule has 5 heteroatoms. The van der Waals surface area contributed by atoms with Gasteiger partial charge in [-0.1, -0.05) is 23.7 Å². The molecule has 1 aromatic heterocycles. The van der Waals surface area contributed by atoms with Crippen LogP contribution in [-0.4, -0.2) is 17.1 Å². The molecule has 23 heavy (non-hydrogen) atoms. The Labute approximate surface area is 139 Å². The zero-order valence-corrected chi connectivity index (χ0v) is 13.5. The van der Waals surface area contributed by atoms with E-state index in [-0.39, 0.29) is 0 Å². The van der Waals surface area contributed by atoms with E-state index in [0.717, 1.165) is 22.2 Å². The number of benzene rings is 2. The summed E-state index contributed by atoms with van der Waals surface area (Å²) in [4.78, 5) is 7.66. The Bertz CT molecular complexity index is 951. The highest BCUT2D eigenvalue weighted by Crippen LogP contribution is 2.27. The summed E-state index contributed by atoms with van der Waals surface area (Å²) in [7, 11) is 1.56. The third-order valence-electron chi connectivity index (χ3n) is 3.50. The monoisotopic (exact) mass is 323 g/mol. The summed E-state index contributed by atoms with van der Waals surface area (Å²) < 4.78 is 5.13. The molecule has 0 saturated carbocycles. The molecule has 0 fully saturated rings. The van der Waals surface area contributed by atoms with Gasteiger partial charge >= 0.3 is 0 Å². The number of imidazole rings is 1. The van der Waals surface area contributed by atoms with E-state index in [9.17, 15) is 5.26 Å². The van der Waals surface area contributed by atoms with Gasteiger partial charge < -0.3 is 9.72 Å². The highest BCUT2D eigenvalue weighted by atomic mass is 35.5. The molecule has 0 unspecified atom stereocenters. The number of allylic oxidation sites excluding steroid dienone is 1. The lowest BCUT2D eigenvalue weighted by atomic mass is 10.1. The number of fused-ring (bicyclic) bond motifs is 1. The lowest BCUT2D eigenvalue weighted by Crippen LogP contribution is -1.87. The first-order valence-electron chi connectivity index (χ1n) is 7.03. The SMILES string of the molecule is COc1ccc(/C=C(/C#N)c2nc3ccc(C)cc3[nH]2)cc1Cl. The maximum atomic E-state index is 9.45. The minimum absolute atomic E-state index is 0.445. The van der Waals surface area contributed by atoms with Gasteiger partial charge in [-0.2, -0.15) is 5.26 Å². The number of aromatic amines is 1. The maximum absolute atomic E-state index is 9.45. The Morgan fingerprint density at radius 3 is 2.83 bits per heavy atom. The smallest absolute Gasteiger partial charge is 0.149 e. The van der Waals surface area contributed by atoms with E-state index in [1.54, 1.807) is 25.3 Å². The summed E-state index contributed by atoms with van der Waals surface area (Å²) in [5.41, 5.74) is 4.13. The zero-order valence-electron chi connectivity index (χ0n) is 12.7. The van der Waals surface area contributed by atoms with Crippen molar-refractivity contribution in [2.75, 3.05) is 7.11 Å². The lowest BCUT2D eigenvalue weighted by Gasteiger charge is -2.03. The molecule has 0 radical (unpaired) electrons. The molecule has 114 valence electrons. The molecular weight excluding hydrogens is 310 g/mol. The molecule has 0 spiro atoms. The van der Waals surface area contributed by atoms with Crippen LogP contribution in [0.4, 0.5) is 0 Å². The minimum Gasteiger partial charge on any atom is -0.495 e. The van der Waals surface area contributed by atoms with Crippen LogP contribution in [0.1, 0.15) is 17.0 Å². The Morgan fingerprint density at radius 2 is 2.13 bits per heavy atom. The molecule has 0 aliphatic rings. The van der Waals surface area contributed by atoms with Crippen LogP contribution in [-0.2, 0) is 0 Å². The molecule has 4 nitrogen and oxygen atoms in total. The third kappa shape index (κ3) is 3.05. The van der Waals surface area contributed by atoms with E-state index in [1.165, 1.54) is 0 Å². The number of nitrogens with zero attached hydrogens (tertiary/aromatic N) is 2. The molecule has 0 amide bonds. The van der Waals surface area contributed by atoms with Gasteiger partial charge in [0.2, 0.25) is 0 Å². The maximum Gasteiger partial charge on any atom is 0.149 e. The van der Waals surface area contributed by atoms with Crippen molar-refractivity contribution in [3.63, 3.8) is 0 Å². The van der Waals surface area contributed by atoms with Crippen molar-refractivity contribution in [1.82, 2.24) is 9.97 Å². The van der Waals surface area contributed by atoms with Gasteiger partial charge in [0.05, 0.1) is 28.7 Å². The Morgan fingerprint density at radius 1 is 1.30 bits per heavy atom. The van der Waals surface area contributed by atoms with Crippen molar-refractivity contribution in [2.24, 2.45) is 0 Å². The van der Waals surface area contributed by atoms with Crippen molar-refractivity contribution in [2.45, 2.75) is 6.92 Å². The van der Waals surface area contributed by atoms with Crippen molar-refractivity contribution >= 4 is 34.3 Å². The van der Waals surface area contributed by atoms with Crippen LogP contribution >= 0.6 is 11.6 Å². The Kier molecular flexibility index (Phi) is 4.05. The minimum atomic E-state index is 0.445. The van der Waals surface area contributed by atoms with Crippen molar-refractivity contribution in [3.05, 3.63) is 58.4 Å². The molecule has 1 heterocycles. The van der Waals surface area contributed by atoms with Crippen LogP contribution in [0.3, 0.4) is 0 Å². The van der Waals surface area contributed by atoms with Gasteiger partial charge in [0, 0.05) is 0 Å². The van der Waals surface area contributed by atoms with Gasteiger partial charge in [0.1, 0.15) is 17.6 Å². The third-order valence-corrected chi connectivity index (χ3v) is 3.80. The Hall–Kier alpha value is -2.77. The summed E-state index contributed by atoms with van der Waals surface area (Å²) in [6.45, 7) is 2.01. The summed E-state index contributed by atoms with van der Waals surface area (Å²) in [6, 6.07) is 13.5. The number of hydrogen-bond acceptors (Lipinski definition) is 3. The molecular formula is C18H14ClN3O. The van der Waals surface area contributed by atoms with E-state index in [0.29, 0.717) is 22.2 Å². The van der Waals surface area contributed by atoms with Crippen LogP contribution < -0.4 is 4.74 Å². The summed E-state index contributed by atoms with van der Waals surface area (Å²) >= 11 is 6.12. The van der Waals surface area contributed by atoms with Gasteiger partial charge in [-0.15, -0.1) is 0 Å². The van der Waals surface area contributed by atoms with Gasteiger partial charge in [-0.25, -0.2) is 4.98 Å². The molecule has 0 aliphatic heterocycles. The number of nitrogens with one attached hydrogen (secondary N) is 1. The molecule has 0 saturated heterocycles. The van der Waals surface area contributed by atoms with Crippen LogP contribution in [0.2, 0.25) is 5.02 Å². The van der Waals surface area contributed by atoms with Crippen LogP contribution in [0.25, 0.3) is 22.7 Å². The number of H-pyrrole nitrogens is 1. The van der Waals surface area contributed by atoms with Gasteiger partial charge in [-0.05, 0) is 48.4 Å². The van der Waals surface area contributed by atoms with Crippen LogP contribution in [0, 0.1) is 18.3 Å². The number of nitriles is 1. The molecule has 3 aromatic rings. The zero-order chi connectivity index (χ0) is 16.4. The second kappa shape index (κ2) is 6.15. The summed E-state index contributed by atoms with van der Waals surface area (Å²) in [5.74, 6) is 1.14. The van der Waals surface area contributed by atoms with E-state index in [1.807, 2.05) is 31.2 Å². The predicted molar refractivity (Wildman–Crippen MR) is 92.3 cm³/mol. The largest absolute Gasteiger partial charge is 0.495 e. The van der Waals surface area contributed by atoms with E-state index in [2.05, 4.69) is 16.0 Å². The first-order chi connectivity index (χ1) is 11.1. The van der Waals surface area contributed by atoms with E-state index < -0.39 is 0 Å². The van der Waals surface area contributed by atoms with Gasteiger partial charge in [0.15, 0.2) is 0 Å². The molecule has 0 atom stereocenters. The molecule has 0 aliphatic carbocycles. The summed E-state index contributed by atoms with van der Waals surface area (Å²) in [5, 5.41) is 9.95. The van der Waals surface area contributed by atoms with Crippen molar-refractivity contribution in [1.29, 1.82) is 5.26 Å². The first-order valence-corrected chi connectivity index (χ1v) is 7.40. The second-order valence-corrected chi connectivity index (χ2v) is 5.58. The number of ether oxygens (including phenoxy) is 1. The average Bonchev–Trinajstić information content (AvgIpc) is 2.95. The topological polar surface area (TPSA) is 61.7 Å². The number of methoxy groups -OCH3 is 1. The standard InChI is InChI=1S/C18H14ClN3O/c1-11-3-5-15-16(7-11)22-18(21-15)13(10-20)8-12-4-6-17(23-2)14(19)9-12/h3-9H,1-2H3,(H,21,22)/b13-8-. The highest BCUT2D eigenvalue weighted by molar-refractivity contribution is 6.32. The average molecular weight is 324 g/mol. The Balaban J connectivity index is 2.04. The first kappa shape index (κ1) is 15.1. The number of aryl methyl sites for hydroxylation is 1. The highest BCUT2D eigenvalue weighted by Gasteiger charge is 2.09. The van der Waals surface area contributed by atoms with Crippen molar-refractivity contribution < 1.29 is 4.74 Å². The van der Waals surface area contributed by atoms with E-state index in [4.69, 9.17) is 16.3 Å². The number of hydrogen-bond donors (Lipinski definition) is 1. The molecule has 1 N–H and O–H groups in total. The fourth-order valence-electron chi connectivity index (χ4n) is 2.34. The number of rotatable bonds is 3. The van der Waals surface area contributed by atoms with Gasteiger partial charge in [0.25, 0.3) is 0 Å².